The first kappa shape index (κ1) is 11.5. The highest BCUT2D eigenvalue weighted by Crippen LogP contribution is 2.24. The summed E-state index contributed by atoms with van der Waals surface area (Å²) in [7, 11) is -4.89. The van der Waals surface area contributed by atoms with Gasteiger partial charge in [-0.25, -0.2) is 9.78 Å². The number of benzene rings is 1. The van der Waals surface area contributed by atoms with Crippen molar-refractivity contribution in [3.8, 4) is 0 Å². The maximum atomic E-state index is 13.0. The molecule has 0 radical (unpaired) electrons. The van der Waals surface area contributed by atoms with E-state index in [0.29, 0.717) is 5.39 Å². The van der Waals surface area contributed by atoms with Crippen molar-refractivity contribution in [2.24, 2.45) is 0 Å². The molecule has 1 aromatic heterocycles. The molecular formula is C10H6FNO4S. The average molecular weight is 255 g/mol. The number of aromatic carboxylic acids is 1. The first-order valence-corrected chi connectivity index (χ1v) is 5.84. The average Bonchev–Trinajstić information content (AvgIpc) is 2.26. The Bertz CT molecular complexity index is 711. The van der Waals surface area contributed by atoms with Crippen molar-refractivity contribution >= 4 is 27.0 Å². The number of carboxylic acids is 1. The van der Waals surface area contributed by atoms with E-state index in [0.717, 1.165) is 12.1 Å². The molecule has 1 aromatic carbocycles. The summed E-state index contributed by atoms with van der Waals surface area (Å²) in [4.78, 5) is 13.8. The summed E-state index contributed by atoms with van der Waals surface area (Å²) in [6, 6.07) is 4.98. The van der Waals surface area contributed by atoms with Crippen LogP contribution in [-0.4, -0.2) is 24.5 Å². The Morgan fingerprint density at radius 2 is 2.06 bits per heavy atom. The first-order chi connectivity index (χ1) is 7.89. The monoisotopic (exact) mass is 255 g/mol. The lowest BCUT2D eigenvalue weighted by atomic mass is 10.1. The highest BCUT2D eigenvalue weighted by molar-refractivity contribution is 7.86. The van der Waals surface area contributed by atoms with Gasteiger partial charge in [0.1, 0.15) is 10.6 Å². The van der Waals surface area contributed by atoms with E-state index in [2.05, 4.69) is 4.98 Å². The van der Waals surface area contributed by atoms with E-state index in [4.69, 9.17) is 5.11 Å². The van der Waals surface area contributed by atoms with Crippen LogP contribution in [0.25, 0.3) is 10.8 Å². The van der Waals surface area contributed by atoms with Gasteiger partial charge in [-0.15, -0.1) is 3.89 Å². The van der Waals surface area contributed by atoms with Gasteiger partial charge in [0.15, 0.2) is 0 Å². The van der Waals surface area contributed by atoms with E-state index < -0.39 is 21.1 Å². The van der Waals surface area contributed by atoms with E-state index in [1.54, 1.807) is 0 Å². The van der Waals surface area contributed by atoms with Gasteiger partial charge in [0, 0.05) is 17.0 Å². The maximum Gasteiger partial charge on any atom is 0.354 e. The highest BCUT2D eigenvalue weighted by Gasteiger charge is 2.17. The molecule has 0 unspecified atom stereocenters. The van der Waals surface area contributed by atoms with Gasteiger partial charge in [-0.2, -0.15) is 8.42 Å². The molecular weight excluding hydrogens is 249 g/mol. The van der Waals surface area contributed by atoms with Crippen molar-refractivity contribution in [2.45, 2.75) is 4.90 Å². The second-order valence-corrected chi connectivity index (χ2v) is 4.61. The highest BCUT2D eigenvalue weighted by atomic mass is 32.3. The fraction of sp³-hybridized carbons (Fsp3) is 0. The maximum absolute atomic E-state index is 13.0. The molecule has 0 bridgehead atoms. The molecule has 0 fully saturated rings. The van der Waals surface area contributed by atoms with Crippen molar-refractivity contribution in [3.05, 3.63) is 36.2 Å². The van der Waals surface area contributed by atoms with Crippen LogP contribution in [-0.2, 0) is 10.2 Å². The second-order valence-electron chi connectivity index (χ2n) is 3.29. The zero-order valence-electron chi connectivity index (χ0n) is 8.29. The minimum absolute atomic E-state index is 0.00222. The Hall–Kier alpha value is -2.02. The molecule has 0 aliphatic heterocycles. The zero-order chi connectivity index (χ0) is 12.6. The van der Waals surface area contributed by atoms with Gasteiger partial charge in [0.2, 0.25) is 0 Å². The number of hydrogen-bond donors (Lipinski definition) is 1. The summed E-state index contributed by atoms with van der Waals surface area (Å²) in [6.07, 6.45) is 1.19. The van der Waals surface area contributed by atoms with E-state index in [1.807, 2.05) is 0 Å². The molecule has 0 saturated heterocycles. The van der Waals surface area contributed by atoms with Crippen molar-refractivity contribution < 1.29 is 22.2 Å². The molecule has 17 heavy (non-hydrogen) atoms. The lowest BCUT2D eigenvalue weighted by Gasteiger charge is -2.03. The minimum atomic E-state index is -4.89. The standard InChI is InChI=1S/C10H6FNO4S/c11-17(15,16)9-3-1-2-6-5-12-8(10(13)14)4-7(6)9/h1-5H,(H,13,14). The number of hydrogen-bond acceptors (Lipinski definition) is 4. The molecule has 0 aliphatic rings. The van der Waals surface area contributed by atoms with Gasteiger partial charge < -0.3 is 5.11 Å². The fourth-order valence-electron chi connectivity index (χ4n) is 1.47. The van der Waals surface area contributed by atoms with Gasteiger partial charge in [-0.1, -0.05) is 12.1 Å². The quantitative estimate of drug-likeness (QED) is 0.824. The second kappa shape index (κ2) is 3.77. The fourth-order valence-corrected chi connectivity index (χ4v) is 2.15. The summed E-state index contributed by atoms with van der Waals surface area (Å²) in [5.41, 5.74) is -0.339. The van der Waals surface area contributed by atoms with Crippen LogP contribution in [0.3, 0.4) is 0 Å². The first-order valence-electron chi connectivity index (χ1n) is 4.46. The van der Waals surface area contributed by atoms with Crippen LogP contribution in [0.1, 0.15) is 10.5 Å². The molecule has 0 atom stereocenters. The molecule has 88 valence electrons. The summed E-state index contributed by atoms with van der Waals surface area (Å²) >= 11 is 0. The van der Waals surface area contributed by atoms with Crippen LogP contribution in [0.5, 0.6) is 0 Å². The molecule has 7 heteroatoms. The van der Waals surface area contributed by atoms with Crippen molar-refractivity contribution in [3.63, 3.8) is 0 Å². The number of pyridine rings is 1. The summed E-state index contributed by atoms with van der Waals surface area (Å²) in [6.45, 7) is 0. The topological polar surface area (TPSA) is 84.3 Å². The van der Waals surface area contributed by atoms with Crippen molar-refractivity contribution in [2.75, 3.05) is 0 Å². The van der Waals surface area contributed by atoms with Crippen LogP contribution >= 0.6 is 0 Å². The van der Waals surface area contributed by atoms with Crippen molar-refractivity contribution in [1.82, 2.24) is 4.98 Å². The molecule has 1 heterocycles. The molecule has 1 N–H and O–H groups in total. The Labute approximate surface area is 95.7 Å². The van der Waals surface area contributed by atoms with Gasteiger partial charge in [-0.05, 0) is 12.1 Å². The predicted molar refractivity (Wildman–Crippen MR) is 57.0 cm³/mol. The van der Waals surface area contributed by atoms with Crippen LogP contribution < -0.4 is 0 Å². The van der Waals surface area contributed by atoms with Gasteiger partial charge >= 0.3 is 16.2 Å². The smallest absolute Gasteiger partial charge is 0.354 e. The third-order valence-corrected chi connectivity index (χ3v) is 3.09. The number of carbonyl (C=O) groups is 1. The van der Waals surface area contributed by atoms with Gasteiger partial charge in [0.25, 0.3) is 0 Å². The number of halogens is 1. The summed E-state index contributed by atoms with van der Waals surface area (Å²) in [5, 5.41) is 9.09. The SMILES string of the molecule is O=C(O)c1cc2c(S(=O)(=O)F)cccc2cn1. The van der Waals surface area contributed by atoms with E-state index in [1.165, 1.54) is 18.3 Å². The van der Waals surface area contributed by atoms with Crippen LogP contribution in [0.2, 0.25) is 0 Å². The number of nitrogens with zero attached hydrogens (tertiary/aromatic N) is 1. The van der Waals surface area contributed by atoms with E-state index in [-0.39, 0.29) is 11.1 Å². The zero-order valence-corrected chi connectivity index (χ0v) is 9.11. The molecule has 2 rings (SSSR count). The molecule has 0 aliphatic carbocycles. The Morgan fingerprint density at radius 3 is 2.65 bits per heavy atom. The Morgan fingerprint density at radius 1 is 1.35 bits per heavy atom. The van der Waals surface area contributed by atoms with Crippen LogP contribution in [0.15, 0.2) is 35.4 Å². The summed E-state index contributed by atoms with van der Waals surface area (Å²) < 4.78 is 34.8. The van der Waals surface area contributed by atoms with Gasteiger partial charge in [0.05, 0.1) is 0 Å². The third-order valence-electron chi connectivity index (χ3n) is 2.21. The van der Waals surface area contributed by atoms with E-state index >= 15 is 0 Å². The Kier molecular flexibility index (Phi) is 2.55. The third kappa shape index (κ3) is 2.09. The van der Waals surface area contributed by atoms with Gasteiger partial charge in [-0.3, -0.25) is 0 Å². The van der Waals surface area contributed by atoms with Crippen LogP contribution in [0.4, 0.5) is 3.89 Å². The normalized spacial score (nSPS) is 11.6. The predicted octanol–water partition coefficient (Wildman–Crippen LogP) is 1.59. The Balaban J connectivity index is 2.86. The van der Waals surface area contributed by atoms with Crippen LogP contribution in [0, 0.1) is 0 Å². The molecule has 0 spiro atoms. The largest absolute Gasteiger partial charge is 0.477 e. The number of aromatic nitrogens is 1. The molecule has 2 aromatic rings. The number of carboxylic acid groups (broad SMARTS) is 1. The van der Waals surface area contributed by atoms with E-state index in [9.17, 15) is 17.1 Å². The lowest BCUT2D eigenvalue weighted by Crippen LogP contribution is -2.01. The number of fused-ring (bicyclic) bond motifs is 1. The molecule has 5 nitrogen and oxygen atoms in total. The molecule has 0 amide bonds. The molecule has 0 saturated carbocycles. The number of rotatable bonds is 2. The summed E-state index contributed by atoms with van der Waals surface area (Å²) in [5.74, 6) is -1.31. The lowest BCUT2D eigenvalue weighted by molar-refractivity contribution is 0.0690. The minimum Gasteiger partial charge on any atom is -0.477 e. The van der Waals surface area contributed by atoms with Crippen molar-refractivity contribution in [1.29, 1.82) is 0 Å².